The summed E-state index contributed by atoms with van der Waals surface area (Å²) < 4.78 is 11.0. The first kappa shape index (κ1) is 18.4. The van der Waals surface area contributed by atoms with Crippen molar-refractivity contribution in [2.24, 2.45) is 0 Å². The molecule has 1 aromatic heterocycles. The first-order valence-electron chi connectivity index (χ1n) is 8.55. The van der Waals surface area contributed by atoms with Crippen LogP contribution in [-0.2, 0) is 22.7 Å². The molecule has 1 heterocycles. The summed E-state index contributed by atoms with van der Waals surface area (Å²) >= 11 is 0. The maximum absolute atomic E-state index is 12.2. The number of hydrogen-bond donors (Lipinski definition) is 1. The van der Waals surface area contributed by atoms with E-state index in [-0.39, 0.29) is 12.5 Å². The summed E-state index contributed by atoms with van der Waals surface area (Å²) in [6, 6.07) is 16.4. The Hall–Kier alpha value is -3.41. The lowest BCUT2D eigenvalue weighted by atomic mass is 10.1. The number of aromatic nitrogens is 1. The molecule has 0 spiro atoms. The van der Waals surface area contributed by atoms with Crippen LogP contribution in [0.4, 0.5) is 0 Å². The lowest BCUT2D eigenvalue weighted by Crippen LogP contribution is -2.18. The van der Waals surface area contributed by atoms with Crippen molar-refractivity contribution in [1.29, 1.82) is 0 Å². The summed E-state index contributed by atoms with van der Waals surface area (Å²) in [5.74, 6) is 0.579. The molecule has 0 atom stereocenters. The monoisotopic (exact) mass is 364 g/mol. The van der Waals surface area contributed by atoms with Gasteiger partial charge in [0.05, 0.1) is 5.56 Å². The van der Waals surface area contributed by atoms with Crippen LogP contribution in [0.2, 0.25) is 0 Å². The number of benzene rings is 2. The SMILES string of the molecule is CC(=O)NCc1ccc(C(=O)OCc2nc(-c3ccccc3)oc2C)cc1. The number of ether oxygens (including phenoxy) is 1. The lowest BCUT2D eigenvalue weighted by molar-refractivity contribution is -0.119. The number of amides is 1. The molecule has 1 N–H and O–H groups in total. The van der Waals surface area contributed by atoms with Crippen molar-refractivity contribution in [1.82, 2.24) is 10.3 Å². The number of oxazole rings is 1. The molecule has 0 fully saturated rings. The Morgan fingerprint density at radius 1 is 1.07 bits per heavy atom. The number of carbonyl (C=O) groups excluding carboxylic acids is 2. The van der Waals surface area contributed by atoms with Gasteiger partial charge in [0.2, 0.25) is 11.8 Å². The van der Waals surface area contributed by atoms with E-state index in [1.165, 1.54) is 6.92 Å². The number of hydrogen-bond acceptors (Lipinski definition) is 5. The van der Waals surface area contributed by atoms with Crippen LogP contribution in [0.15, 0.2) is 59.0 Å². The van der Waals surface area contributed by atoms with Crippen LogP contribution in [0.1, 0.15) is 34.3 Å². The van der Waals surface area contributed by atoms with Crippen LogP contribution in [0.25, 0.3) is 11.5 Å². The van der Waals surface area contributed by atoms with E-state index in [2.05, 4.69) is 10.3 Å². The van der Waals surface area contributed by atoms with Crippen LogP contribution in [0.3, 0.4) is 0 Å². The molecule has 0 aliphatic carbocycles. The molecule has 6 nitrogen and oxygen atoms in total. The van der Waals surface area contributed by atoms with Crippen molar-refractivity contribution in [3.05, 3.63) is 77.2 Å². The molecular formula is C21H20N2O4. The first-order chi connectivity index (χ1) is 13.0. The number of aryl methyl sites for hydroxylation is 1. The fraction of sp³-hybridized carbons (Fsp3) is 0.190. The van der Waals surface area contributed by atoms with E-state index < -0.39 is 5.97 Å². The van der Waals surface area contributed by atoms with Gasteiger partial charge in [0.1, 0.15) is 18.1 Å². The summed E-state index contributed by atoms with van der Waals surface area (Å²) in [6.07, 6.45) is 0. The third kappa shape index (κ3) is 4.82. The Morgan fingerprint density at radius 3 is 2.44 bits per heavy atom. The Bertz CT molecular complexity index is 931. The fourth-order valence-electron chi connectivity index (χ4n) is 2.47. The van der Waals surface area contributed by atoms with Gasteiger partial charge in [0.25, 0.3) is 0 Å². The van der Waals surface area contributed by atoms with E-state index in [1.54, 1.807) is 31.2 Å². The van der Waals surface area contributed by atoms with Gasteiger partial charge < -0.3 is 14.5 Å². The van der Waals surface area contributed by atoms with Gasteiger partial charge in [-0.15, -0.1) is 0 Å². The van der Waals surface area contributed by atoms with Crippen molar-refractivity contribution in [3.8, 4) is 11.5 Å². The summed E-state index contributed by atoms with van der Waals surface area (Å²) in [7, 11) is 0. The zero-order valence-corrected chi connectivity index (χ0v) is 15.2. The van der Waals surface area contributed by atoms with Crippen LogP contribution in [-0.4, -0.2) is 16.9 Å². The average molecular weight is 364 g/mol. The van der Waals surface area contributed by atoms with Gasteiger partial charge in [0.15, 0.2) is 0 Å². The summed E-state index contributed by atoms with van der Waals surface area (Å²) in [6.45, 7) is 3.71. The molecule has 1 amide bonds. The smallest absolute Gasteiger partial charge is 0.338 e. The molecule has 138 valence electrons. The molecular weight excluding hydrogens is 344 g/mol. The standard InChI is InChI=1S/C21H20N2O4/c1-14-19(23-20(27-14)17-6-4-3-5-7-17)13-26-21(25)18-10-8-16(9-11-18)12-22-15(2)24/h3-11H,12-13H2,1-2H3,(H,22,24). The highest BCUT2D eigenvalue weighted by atomic mass is 16.5. The summed E-state index contributed by atoms with van der Waals surface area (Å²) in [4.78, 5) is 27.6. The molecule has 0 bridgehead atoms. The van der Waals surface area contributed by atoms with Crippen molar-refractivity contribution in [3.63, 3.8) is 0 Å². The maximum atomic E-state index is 12.2. The minimum atomic E-state index is -0.440. The minimum absolute atomic E-state index is 0.0364. The van der Waals surface area contributed by atoms with Crippen LogP contribution < -0.4 is 5.32 Å². The van der Waals surface area contributed by atoms with E-state index in [4.69, 9.17) is 9.15 Å². The van der Waals surface area contributed by atoms with Crippen LogP contribution in [0, 0.1) is 6.92 Å². The predicted molar refractivity (Wildman–Crippen MR) is 99.8 cm³/mol. The highest BCUT2D eigenvalue weighted by molar-refractivity contribution is 5.89. The molecule has 3 rings (SSSR count). The zero-order chi connectivity index (χ0) is 19.2. The number of nitrogens with zero attached hydrogens (tertiary/aromatic N) is 1. The molecule has 0 aliphatic heterocycles. The van der Waals surface area contributed by atoms with Gasteiger partial charge in [-0.2, -0.15) is 0 Å². The highest BCUT2D eigenvalue weighted by Gasteiger charge is 2.14. The molecule has 0 saturated carbocycles. The van der Waals surface area contributed by atoms with Crippen molar-refractivity contribution in [2.45, 2.75) is 27.0 Å². The van der Waals surface area contributed by atoms with Gasteiger partial charge >= 0.3 is 5.97 Å². The Morgan fingerprint density at radius 2 is 1.78 bits per heavy atom. The molecule has 0 aliphatic rings. The van der Waals surface area contributed by atoms with Gasteiger partial charge in [0, 0.05) is 19.0 Å². The number of carbonyl (C=O) groups is 2. The maximum Gasteiger partial charge on any atom is 0.338 e. The van der Waals surface area contributed by atoms with Gasteiger partial charge in [-0.25, -0.2) is 9.78 Å². The number of nitrogens with one attached hydrogen (secondary N) is 1. The average Bonchev–Trinajstić information content (AvgIpc) is 3.06. The summed E-state index contributed by atoms with van der Waals surface area (Å²) in [5, 5.41) is 2.71. The fourth-order valence-corrected chi connectivity index (χ4v) is 2.47. The van der Waals surface area contributed by atoms with Gasteiger partial charge in [-0.05, 0) is 36.8 Å². The summed E-state index contributed by atoms with van der Waals surface area (Å²) in [5.41, 5.74) is 2.80. The van der Waals surface area contributed by atoms with E-state index in [0.717, 1.165) is 11.1 Å². The van der Waals surface area contributed by atoms with E-state index >= 15 is 0 Å². The lowest BCUT2D eigenvalue weighted by Gasteiger charge is -2.05. The number of rotatable bonds is 6. The minimum Gasteiger partial charge on any atom is -0.455 e. The zero-order valence-electron chi connectivity index (χ0n) is 15.2. The van der Waals surface area contributed by atoms with Crippen molar-refractivity contribution < 1.29 is 18.7 Å². The van der Waals surface area contributed by atoms with Crippen LogP contribution >= 0.6 is 0 Å². The van der Waals surface area contributed by atoms with Crippen LogP contribution in [0.5, 0.6) is 0 Å². The van der Waals surface area contributed by atoms with E-state index in [9.17, 15) is 9.59 Å². The molecule has 2 aromatic carbocycles. The number of esters is 1. The Balaban J connectivity index is 1.61. The second-order valence-electron chi connectivity index (χ2n) is 6.07. The highest BCUT2D eigenvalue weighted by Crippen LogP contribution is 2.22. The molecule has 6 heteroatoms. The second-order valence-corrected chi connectivity index (χ2v) is 6.07. The molecule has 0 saturated heterocycles. The van der Waals surface area contributed by atoms with Crippen molar-refractivity contribution in [2.75, 3.05) is 0 Å². The molecule has 27 heavy (non-hydrogen) atoms. The van der Waals surface area contributed by atoms with Crippen molar-refractivity contribution >= 4 is 11.9 Å². The van der Waals surface area contributed by atoms with Gasteiger partial charge in [-0.1, -0.05) is 30.3 Å². The molecule has 0 unspecified atom stereocenters. The Labute approximate surface area is 157 Å². The Kier molecular flexibility index (Phi) is 5.66. The first-order valence-corrected chi connectivity index (χ1v) is 8.55. The molecule has 0 radical (unpaired) electrons. The quantitative estimate of drug-likeness (QED) is 0.675. The third-order valence-corrected chi connectivity index (χ3v) is 3.98. The molecule has 3 aromatic rings. The topological polar surface area (TPSA) is 81.4 Å². The predicted octanol–water partition coefficient (Wildman–Crippen LogP) is 3.64. The van der Waals surface area contributed by atoms with E-state index in [1.807, 2.05) is 30.3 Å². The normalized spacial score (nSPS) is 10.4. The third-order valence-electron chi connectivity index (χ3n) is 3.98. The second kappa shape index (κ2) is 8.31. The van der Waals surface area contributed by atoms with E-state index in [0.29, 0.717) is 29.5 Å². The largest absolute Gasteiger partial charge is 0.455 e. The van der Waals surface area contributed by atoms with Gasteiger partial charge in [-0.3, -0.25) is 4.79 Å².